The molecule has 2 nitrogen and oxygen atoms in total. The molecule has 1 aromatic rings. The van der Waals surface area contributed by atoms with Crippen LogP contribution in [0.3, 0.4) is 0 Å². The minimum atomic E-state index is -1.36. The van der Waals surface area contributed by atoms with Gasteiger partial charge < -0.3 is 0 Å². The van der Waals surface area contributed by atoms with E-state index >= 15 is 0 Å². The highest BCUT2D eigenvalue weighted by Crippen LogP contribution is 2.11. The maximum Gasteiger partial charge on any atom is 0.178 e. The summed E-state index contributed by atoms with van der Waals surface area (Å²) in [5.41, 5.74) is -0.339. The van der Waals surface area contributed by atoms with E-state index in [9.17, 15) is 17.8 Å². The van der Waals surface area contributed by atoms with Crippen LogP contribution in [0.1, 0.15) is 24.2 Å². The molecule has 0 fully saturated rings. The fraction of sp³-hybridized carbons (Fsp3) is 0.364. The number of Topliss-reactive ketones (excluding diaryl/α,β-unsaturated/α-hetero) is 1. The van der Waals surface area contributed by atoms with Crippen molar-refractivity contribution in [2.24, 2.45) is 0 Å². The first-order chi connectivity index (χ1) is 7.41. The summed E-state index contributed by atoms with van der Waals surface area (Å²) in [6.45, 7) is 3.40. The van der Waals surface area contributed by atoms with Crippen LogP contribution in [0.15, 0.2) is 18.2 Å². The fourth-order valence-electron chi connectivity index (χ4n) is 1.08. The summed E-state index contributed by atoms with van der Waals surface area (Å²) >= 11 is 0. The molecule has 0 aromatic heterocycles. The average molecular weight is 246 g/mol. The maximum absolute atomic E-state index is 13.2. The van der Waals surface area contributed by atoms with Crippen molar-refractivity contribution < 1.29 is 17.8 Å². The predicted octanol–water partition coefficient (Wildman–Crippen LogP) is 2.30. The molecule has 0 heterocycles. The minimum absolute atomic E-state index is 0.180. The van der Waals surface area contributed by atoms with Crippen molar-refractivity contribution in [2.75, 3.05) is 5.75 Å². The minimum Gasteiger partial charge on any atom is -0.293 e. The van der Waals surface area contributed by atoms with Crippen molar-refractivity contribution in [1.82, 2.24) is 0 Å². The van der Waals surface area contributed by atoms with Crippen LogP contribution in [0, 0.1) is 11.6 Å². The highest BCUT2D eigenvalue weighted by molar-refractivity contribution is 7.86. The van der Waals surface area contributed by atoms with Gasteiger partial charge in [0.15, 0.2) is 5.78 Å². The van der Waals surface area contributed by atoms with Crippen molar-refractivity contribution in [3.05, 3.63) is 35.4 Å². The number of hydrogen-bond donors (Lipinski definition) is 0. The normalized spacial score (nSPS) is 12.8. The third kappa shape index (κ3) is 3.20. The Kier molecular flexibility index (Phi) is 4.29. The van der Waals surface area contributed by atoms with Crippen LogP contribution in [-0.4, -0.2) is 21.0 Å². The summed E-state index contributed by atoms with van der Waals surface area (Å²) in [7, 11) is -1.36. The van der Waals surface area contributed by atoms with Gasteiger partial charge in [0.05, 0.1) is 11.3 Å². The summed E-state index contributed by atoms with van der Waals surface area (Å²) in [6.07, 6.45) is 0. The second-order valence-electron chi connectivity index (χ2n) is 3.62. The first-order valence-corrected chi connectivity index (χ1v) is 6.15. The lowest BCUT2D eigenvalue weighted by Gasteiger charge is -2.05. The van der Waals surface area contributed by atoms with Crippen molar-refractivity contribution in [1.29, 1.82) is 0 Å². The molecule has 0 bridgehead atoms. The molecule has 0 spiro atoms. The summed E-state index contributed by atoms with van der Waals surface area (Å²) < 4.78 is 37.4. The van der Waals surface area contributed by atoms with Gasteiger partial charge in [-0.3, -0.25) is 9.00 Å². The Morgan fingerprint density at radius 2 is 2.00 bits per heavy atom. The second kappa shape index (κ2) is 5.30. The van der Waals surface area contributed by atoms with E-state index in [1.165, 1.54) is 0 Å². The first kappa shape index (κ1) is 13.0. The van der Waals surface area contributed by atoms with Crippen LogP contribution < -0.4 is 0 Å². The summed E-state index contributed by atoms with van der Waals surface area (Å²) in [5.74, 6) is -2.38. The van der Waals surface area contributed by atoms with E-state index in [2.05, 4.69) is 0 Å². The van der Waals surface area contributed by atoms with E-state index < -0.39 is 28.2 Å². The Hall–Kier alpha value is -1.10. The molecule has 0 aliphatic rings. The van der Waals surface area contributed by atoms with Crippen molar-refractivity contribution in [3.8, 4) is 0 Å². The molecule has 1 aromatic carbocycles. The molecule has 1 atom stereocenters. The highest BCUT2D eigenvalue weighted by Gasteiger charge is 2.17. The quantitative estimate of drug-likeness (QED) is 0.764. The summed E-state index contributed by atoms with van der Waals surface area (Å²) in [5, 5.41) is -0.180. The summed E-state index contributed by atoms with van der Waals surface area (Å²) in [6, 6.07) is 2.65. The van der Waals surface area contributed by atoms with E-state index in [0.717, 1.165) is 18.2 Å². The van der Waals surface area contributed by atoms with Crippen molar-refractivity contribution in [3.63, 3.8) is 0 Å². The van der Waals surface area contributed by atoms with Crippen LogP contribution >= 0.6 is 0 Å². The van der Waals surface area contributed by atoms with Gasteiger partial charge in [-0.25, -0.2) is 8.78 Å². The maximum atomic E-state index is 13.2. The number of carbonyl (C=O) groups excluding carboxylic acids is 1. The number of rotatable bonds is 4. The van der Waals surface area contributed by atoms with Gasteiger partial charge in [-0.2, -0.15) is 0 Å². The fourth-order valence-corrected chi connectivity index (χ4v) is 1.83. The van der Waals surface area contributed by atoms with E-state index in [4.69, 9.17) is 0 Å². The zero-order valence-corrected chi connectivity index (χ0v) is 9.81. The van der Waals surface area contributed by atoms with E-state index in [1.54, 1.807) is 13.8 Å². The largest absolute Gasteiger partial charge is 0.293 e. The third-order valence-corrected chi connectivity index (χ3v) is 3.63. The van der Waals surface area contributed by atoms with Crippen LogP contribution in [-0.2, 0) is 10.8 Å². The Bertz CT molecular complexity index is 430. The number of ketones is 1. The molecule has 0 aliphatic carbocycles. The van der Waals surface area contributed by atoms with Gasteiger partial charge in [0.1, 0.15) is 11.6 Å². The van der Waals surface area contributed by atoms with Gasteiger partial charge in [-0.1, -0.05) is 13.8 Å². The molecular weight excluding hydrogens is 234 g/mol. The average Bonchev–Trinajstić information content (AvgIpc) is 2.21. The molecule has 0 N–H and O–H groups in total. The van der Waals surface area contributed by atoms with Gasteiger partial charge in [0, 0.05) is 16.0 Å². The lowest BCUT2D eigenvalue weighted by atomic mass is 10.1. The molecule has 88 valence electrons. The molecule has 0 aliphatic heterocycles. The molecule has 0 radical (unpaired) electrons. The Morgan fingerprint density at radius 1 is 1.38 bits per heavy atom. The smallest absolute Gasteiger partial charge is 0.178 e. The summed E-state index contributed by atoms with van der Waals surface area (Å²) in [4.78, 5) is 11.5. The first-order valence-electron chi connectivity index (χ1n) is 4.77. The van der Waals surface area contributed by atoms with Crippen LogP contribution in [0.2, 0.25) is 0 Å². The SMILES string of the molecule is CC(C)S(=O)CC(=O)c1cc(F)ccc1F. The monoisotopic (exact) mass is 246 g/mol. The number of halogens is 2. The Balaban J connectivity index is 2.88. The molecule has 0 amide bonds. The second-order valence-corrected chi connectivity index (χ2v) is 5.61. The zero-order chi connectivity index (χ0) is 12.3. The van der Waals surface area contributed by atoms with Crippen LogP contribution in [0.5, 0.6) is 0 Å². The van der Waals surface area contributed by atoms with Gasteiger partial charge in [-0.05, 0) is 18.2 Å². The van der Waals surface area contributed by atoms with E-state index in [0.29, 0.717) is 0 Å². The molecule has 0 saturated carbocycles. The predicted molar refractivity (Wildman–Crippen MR) is 58.8 cm³/mol. The molecule has 5 heteroatoms. The number of benzene rings is 1. The topological polar surface area (TPSA) is 34.1 Å². The van der Waals surface area contributed by atoms with Gasteiger partial charge in [0.25, 0.3) is 0 Å². The Morgan fingerprint density at radius 3 is 2.56 bits per heavy atom. The lowest BCUT2D eigenvalue weighted by molar-refractivity contribution is 0.101. The van der Waals surface area contributed by atoms with Crippen molar-refractivity contribution in [2.45, 2.75) is 19.1 Å². The number of hydrogen-bond acceptors (Lipinski definition) is 2. The molecule has 0 saturated heterocycles. The molecule has 1 rings (SSSR count). The van der Waals surface area contributed by atoms with Crippen molar-refractivity contribution >= 4 is 16.6 Å². The van der Waals surface area contributed by atoms with Gasteiger partial charge in [-0.15, -0.1) is 0 Å². The van der Waals surface area contributed by atoms with Gasteiger partial charge >= 0.3 is 0 Å². The molecular formula is C11H12F2O2S. The number of carbonyl (C=O) groups is 1. The van der Waals surface area contributed by atoms with Crippen LogP contribution in [0.4, 0.5) is 8.78 Å². The molecule has 16 heavy (non-hydrogen) atoms. The van der Waals surface area contributed by atoms with Gasteiger partial charge in [0.2, 0.25) is 0 Å². The zero-order valence-electron chi connectivity index (χ0n) is 9.00. The third-order valence-electron chi connectivity index (χ3n) is 2.03. The van der Waals surface area contributed by atoms with E-state index in [1.807, 2.05) is 0 Å². The lowest BCUT2D eigenvalue weighted by Crippen LogP contribution is -2.18. The highest BCUT2D eigenvalue weighted by atomic mass is 32.2. The van der Waals surface area contributed by atoms with Crippen LogP contribution in [0.25, 0.3) is 0 Å². The molecule has 1 unspecified atom stereocenters. The standard InChI is InChI=1S/C11H12F2O2S/c1-7(2)16(15)6-11(14)9-5-8(12)3-4-10(9)13/h3-5,7H,6H2,1-2H3. The Labute approximate surface area is 95.1 Å². The van der Waals surface area contributed by atoms with E-state index in [-0.39, 0.29) is 16.6 Å².